The fourth-order valence-electron chi connectivity index (χ4n) is 2.15. The fraction of sp³-hybridized carbons (Fsp3) is 0.222. The Morgan fingerprint density at radius 3 is 2.78 bits per heavy atom. The number of hydrazone groups is 1. The van der Waals surface area contributed by atoms with Crippen LogP contribution in [0.3, 0.4) is 0 Å². The smallest absolute Gasteiger partial charge is 0.272 e. The molecule has 0 fully saturated rings. The van der Waals surface area contributed by atoms with Crippen molar-refractivity contribution in [2.75, 3.05) is 6.61 Å². The summed E-state index contributed by atoms with van der Waals surface area (Å²) in [5.74, 6) is 0.208. The summed E-state index contributed by atoms with van der Waals surface area (Å²) >= 11 is 11.8. The van der Waals surface area contributed by atoms with E-state index in [1.807, 2.05) is 0 Å². The second kappa shape index (κ2) is 9.89. The monoisotopic (exact) mass is 409 g/mol. The number of nitro benzene ring substituents is 1. The van der Waals surface area contributed by atoms with Crippen molar-refractivity contribution >= 4 is 41.0 Å². The first-order valence-corrected chi connectivity index (χ1v) is 8.77. The molecule has 1 N–H and O–H groups in total. The second-order valence-electron chi connectivity index (χ2n) is 5.62. The number of benzene rings is 2. The highest BCUT2D eigenvalue weighted by molar-refractivity contribution is 6.35. The molecule has 0 unspecified atom stereocenters. The molecule has 0 aliphatic carbocycles. The average molecular weight is 410 g/mol. The maximum Gasteiger partial charge on any atom is 0.272 e. The first-order valence-electron chi connectivity index (χ1n) is 8.01. The Kier molecular flexibility index (Phi) is 7.57. The van der Waals surface area contributed by atoms with E-state index >= 15 is 0 Å². The van der Waals surface area contributed by atoms with Crippen molar-refractivity contribution in [1.29, 1.82) is 0 Å². The van der Waals surface area contributed by atoms with Crippen molar-refractivity contribution in [1.82, 2.24) is 5.43 Å². The average Bonchev–Trinajstić information content (AvgIpc) is 2.61. The van der Waals surface area contributed by atoms with E-state index < -0.39 is 4.92 Å². The summed E-state index contributed by atoms with van der Waals surface area (Å²) in [6, 6.07) is 9.61. The lowest BCUT2D eigenvalue weighted by Crippen LogP contribution is -2.18. The maximum atomic E-state index is 11.8. The largest absolute Gasteiger partial charge is 0.492 e. The quantitative estimate of drug-likeness (QED) is 0.300. The predicted octanol–water partition coefficient (Wildman–Crippen LogP) is 4.52. The molecule has 2 rings (SSSR count). The van der Waals surface area contributed by atoms with Crippen molar-refractivity contribution in [3.05, 3.63) is 67.7 Å². The van der Waals surface area contributed by atoms with E-state index in [2.05, 4.69) is 10.5 Å². The number of carbonyl (C=O) groups is 1. The number of nitrogens with one attached hydrogen (secondary N) is 1. The molecule has 0 aliphatic heterocycles. The van der Waals surface area contributed by atoms with E-state index in [0.29, 0.717) is 39.9 Å². The van der Waals surface area contributed by atoms with Crippen LogP contribution >= 0.6 is 23.2 Å². The molecule has 0 saturated carbocycles. The molecule has 2 aromatic rings. The third-order valence-electron chi connectivity index (χ3n) is 3.53. The Bertz CT molecular complexity index is 872. The Labute approximate surface area is 166 Å². The molecule has 0 aromatic heterocycles. The van der Waals surface area contributed by atoms with Crippen LogP contribution in [0.15, 0.2) is 41.5 Å². The number of amides is 1. The van der Waals surface area contributed by atoms with Gasteiger partial charge in [0.05, 0.1) is 22.8 Å². The summed E-state index contributed by atoms with van der Waals surface area (Å²) < 4.78 is 5.49. The maximum absolute atomic E-state index is 11.8. The van der Waals surface area contributed by atoms with Gasteiger partial charge in [-0.05, 0) is 31.5 Å². The standard InChI is InChI=1S/C18H17Cl2N3O4/c1-12-4-5-13(9-16(12)23(25)26)11-21-22-18(24)3-2-8-27-17-7-6-14(19)10-15(17)20/h4-7,9-11H,2-3,8H2,1H3,(H,22,24). The molecule has 1 amide bonds. The molecular formula is C18H17Cl2N3O4. The molecular weight excluding hydrogens is 393 g/mol. The molecule has 0 bridgehead atoms. The zero-order valence-electron chi connectivity index (χ0n) is 14.4. The van der Waals surface area contributed by atoms with Crippen LogP contribution in [0.25, 0.3) is 0 Å². The van der Waals surface area contributed by atoms with Crippen molar-refractivity contribution in [2.24, 2.45) is 5.10 Å². The molecule has 0 spiro atoms. The van der Waals surface area contributed by atoms with Gasteiger partial charge in [-0.3, -0.25) is 14.9 Å². The van der Waals surface area contributed by atoms with E-state index in [9.17, 15) is 14.9 Å². The number of hydrogen-bond donors (Lipinski definition) is 1. The minimum atomic E-state index is -0.460. The van der Waals surface area contributed by atoms with Gasteiger partial charge in [0, 0.05) is 28.6 Å². The fourth-order valence-corrected chi connectivity index (χ4v) is 2.61. The van der Waals surface area contributed by atoms with Crippen LogP contribution in [0.2, 0.25) is 10.0 Å². The van der Waals surface area contributed by atoms with Gasteiger partial charge in [0.2, 0.25) is 5.91 Å². The van der Waals surface area contributed by atoms with Crippen LogP contribution in [0.5, 0.6) is 5.75 Å². The van der Waals surface area contributed by atoms with Crippen molar-refractivity contribution in [3.63, 3.8) is 0 Å². The first-order chi connectivity index (χ1) is 12.9. The highest BCUT2D eigenvalue weighted by atomic mass is 35.5. The van der Waals surface area contributed by atoms with E-state index in [1.54, 1.807) is 37.3 Å². The number of rotatable bonds is 8. The third kappa shape index (κ3) is 6.54. The third-order valence-corrected chi connectivity index (χ3v) is 4.06. The van der Waals surface area contributed by atoms with Crippen molar-refractivity contribution < 1.29 is 14.5 Å². The number of hydrogen-bond acceptors (Lipinski definition) is 5. The molecule has 7 nitrogen and oxygen atoms in total. The molecule has 2 aromatic carbocycles. The summed E-state index contributed by atoms with van der Waals surface area (Å²) in [6.07, 6.45) is 2.03. The summed E-state index contributed by atoms with van der Waals surface area (Å²) in [6.45, 7) is 1.96. The van der Waals surface area contributed by atoms with Gasteiger partial charge < -0.3 is 4.74 Å². The van der Waals surface area contributed by atoms with Gasteiger partial charge in [-0.25, -0.2) is 5.43 Å². The number of nitrogens with zero attached hydrogens (tertiary/aromatic N) is 2. The van der Waals surface area contributed by atoms with Crippen molar-refractivity contribution in [2.45, 2.75) is 19.8 Å². The lowest BCUT2D eigenvalue weighted by atomic mass is 10.1. The molecule has 142 valence electrons. The van der Waals surface area contributed by atoms with Crippen LogP contribution in [0, 0.1) is 17.0 Å². The minimum absolute atomic E-state index is 0.00304. The van der Waals surface area contributed by atoms with Gasteiger partial charge >= 0.3 is 0 Å². The molecule has 9 heteroatoms. The van der Waals surface area contributed by atoms with Crippen LogP contribution < -0.4 is 10.2 Å². The Morgan fingerprint density at radius 2 is 2.07 bits per heavy atom. The topological polar surface area (TPSA) is 93.8 Å². The molecule has 0 aliphatic rings. The highest BCUT2D eigenvalue weighted by Crippen LogP contribution is 2.27. The molecule has 0 saturated heterocycles. The Morgan fingerprint density at radius 1 is 1.30 bits per heavy atom. The number of carbonyl (C=O) groups excluding carboxylic acids is 1. The summed E-state index contributed by atoms with van der Waals surface area (Å²) in [5, 5.41) is 15.6. The van der Waals surface area contributed by atoms with Crippen LogP contribution in [-0.2, 0) is 4.79 Å². The van der Waals surface area contributed by atoms with Crippen molar-refractivity contribution in [3.8, 4) is 5.75 Å². The van der Waals surface area contributed by atoms with E-state index in [4.69, 9.17) is 27.9 Å². The lowest BCUT2D eigenvalue weighted by molar-refractivity contribution is -0.385. The molecule has 0 atom stereocenters. The Hall–Kier alpha value is -2.64. The summed E-state index contributed by atoms with van der Waals surface area (Å²) in [7, 11) is 0. The molecule has 0 radical (unpaired) electrons. The van der Waals surface area contributed by atoms with E-state index in [0.717, 1.165) is 0 Å². The van der Waals surface area contributed by atoms with E-state index in [1.165, 1.54) is 12.3 Å². The number of nitro groups is 1. The SMILES string of the molecule is Cc1ccc(C=NNC(=O)CCCOc2ccc(Cl)cc2Cl)cc1[N+](=O)[O-]. The van der Waals surface area contributed by atoms with E-state index in [-0.39, 0.29) is 18.0 Å². The lowest BCUT2D eigenvalue weighted by Gasteiger charge is -2.07. The van der Waals surface area contributed by atoms with Gasteiger partial charge in [0.15, 0.2) is 0 Å². The predicted molar refractivity (Wildman–Crippen MR) is 105 cm³/mol. The Balaban J connectivity index is 1.75. The minimum Gasteiger partial charge on any atom is -0.492 e. The number of halogens is 2. The van der Waals surface area contributed by atoms with Crippen LogP contribution in [0.4, 0.5) is 5.69 Å². The second-order valence-corrected chi connectivity index (χ2v) is 6.47. The summed E-state index contributed by atoms with van der Waals surface area (Å²) in [5.41, 5.74) is 3.46. The number of aryl methyl sites for hydroxylation is 1. The van der Waals surface area contributed by atoms with Gasteiger partial charge in [0.25, 0.3) is 5.69 Å². The first kappa shape index (κ1) is 20.7. The number of ether oxygens (including phenoxy) is 1. The zero-order chi connectivity index (χ0) is 19.8. The normalized spacial score (nSPS) is 10.8. The summed E-state index contributed by atoms with van der Waals surface area (Å²) in [4.78, 5) is 22.2. The highest BCUT2D eigenvalue weighted by Gasteiger charge is 2.10. The molecule has 0 heterocycles. The van der Waals surface area contributed by atoms with Gasteiger partial charge in [-0.2, -0.15) is 5.10 Å². The van der Waals surface area contributed by atoms with Crippen LogP contribution in [0.1, 0.15) is 24.0 Å². The van der Waals surface area contributed by atoms with Gasteiger partial charge in [-0.15, -0.1) is 0 Å². The van der Waals surface area contributed by atoms with Gasteiger partial charge in [-0.1, -0.05) is 35.3 Å². The molecule has 27 heavy (non-hydrogen) atoms. The van der Waals surface area contributed by atoms with Gasteiger partial charge in [0.1, 0.15) is 5.75 Å². The van der Waals surface area contributed by atoms with Crippen LogP contribution in [-0.4, -0.2) is 23.7 Å². The zero-order valence-corrected chi connectivity index (χ0v) is 16.0.